The van der Waals surface area contributed by atoms with E-state index in [0.29, 0.717) is 0 Å². The lowest BCUT2D eigenvalue weighted by atomic mass is 9.91. The highest BCUT2D eigenvalue weighted by Crippen LogP contribution is 2.36. The summed E-state index contributed by atoms with van der Waals surface area (Å²) in [7, 11) is 0. The van der Waals surface area contributed by atoms with Crippen LogP contribution in [0.25, 0.3) is 26.7 Å². The number of thiazole rings is 1. The first-order valence-electron chi connectivity index (χ1n) is 8.44. The molecule has 1 N–H and O–H groups in total. The van der Waals surface area contributed by atoms with Gasteiger partial charge in [-0.15, -0.1) is 11.3 Å². The Bertz CT molecular complexity index is 931. The highest BCUT2D eigenvalue weighted by molar-refractivity contribution is 7.18. The Morgan fingerprint density at radius 3 is 2.92 bits per heavy atom. The Kier molecular flexibility index (Phi) is 4.42. The molecule has 1 aliphatic carbocycles. The number of hydrogen-bond acceptors (Lipinski definition) is 5. The molecule has 0 aliphatic heterocycles. The molecule has 126 valence electrons. The minimum atomic E-state index is 0.0609. The molecule has 25 heavy (non-hydrogen) atoms. The van der Waals surface area contributed by atoms with Gasteiger partial charge in [-0.3, -0.25) is 4.98 Å². The summed E-state index contributed by atoms with van der Waals surface area (Å²) in [5.41, 5.74) is 6.42. The van der Waals surface area contributed by atoms with Crippen LogP contribution in [-0.4, -0.2) is 26.7 Å². The lowest BCUT2D eigenvalue weighted by molar-refractivity contribution is 0.343. The van der Waals surface area contributed by atoms with Crippen LogP contribution >= 0.6 is 11.3 Å². The number of aryl methyl sites for hydroxylation is 2. The van der Waals surface area contributed by atoms with Crippen LogP contribution in [-0.2, 0) is 6.42 Å². The first kappa shape index (κ1) is 16.1. The molecule has 0 radical (unpaired) electrons. The third-order valence-electron chi connectivity index (χ3n) is 4.45. The zero-order valence-electron chi connectivity index (χ0n) is 14.1. The van der Waals surface area contributed by atoms with Gasteiger partial charge < -0.3 is 5.11 Å². The molecule has 3 heterocycles. The number of hydrogen-bond donors (Lipinski definition) is 1. The molecule has 0 unspecified atom stereocenters. The van der Waals surface area contributed by atoms with Crippen molar-refractivity contribution in [3.63, 3.8) is 0 Å². The van der Waals surface area contributed by atoms with Crippen molar-refractivity contribution in [2.24, 2.45) is 0 Å². The van der Waals surface area contributed by atoms with Crippen molar-refractivity contribution in [2.75, 3.05) is 6.61 Å². The van der Waals surface area contributed by atoms with Crippen molar-refractivity contribution in [2.45, 2.75) is 26.2 Å². The van der Waals surface area contributed by atoms with Gasteiger partial charge in [-0.05, 0) is 55.5 Å². The minimum Gasteiger partial charge on any atom is -0.392 e. The number of pyridine rings is 2. The first-order chi connectivity index (χ1) is 12.3. The van der Waals surface area contributed by atoms with Gasteiger partial charge in [0.2, 0.25) is 0 Å². The van der Waals surface area contributed by atoms with Gasteiger partial charge in [0.1, 0.15) is 5.01 Å². The summed E-state index contributed by atoms with van der Waals surface area (Å²) in [6, 6.07) is 8.21. The van der Waals surface area contributed by atoms with Crippen molar-refractivity contribution in [3.05, 3.63) is 59.7 Å². The predicted molar refractivity (Wildman–Crippen MR) is 101 cm³/mol. The lowest BCUT2D eigenvalue weighted by Gasteiger charge is -2.18. The highest BCUT2D eigenvalue weighted by Gasteiger charge is 2.18. The van der Waals surface area contributed by atoms with Crippen molar-refractivity contribution >= 4 is 16.9 Å². The van der Waals surface area contributed by atoms with Crippen LogP contribution < -0.4 is 0 Å². The maximum absolute atomic E-state index is 9.29. The molecule has 1 aliphatic rings. The van der Waals surface area contributed by atoms with E-state index >= 15 is 0 Å². The van der Waals surface area contributed by atoms with Crippen molar-refractivity contribution < 1.29 is 5.11 Å². The zero-order valence-corrected chi connectivity index (χ0v) is 14.9. The molecule has 4 nitrogen and oxygen atoms in total. The minimum absolute atomic E-state index is 0.0609. The van der Waals surface area contributed by atoms with Crippen molar-refractivity contribution in [1.82, 2.24) is 15.0 Å². The Hall–Kier alpha value is -2.37. The topological polar surface area (TPSA) is 58.9 Å². The second kappa shape index (κ2) is 6.86. The fraction of sp³-hybridized carbons (Fsp3) is 0.250. The van der Waals surface area contributed by atoms with Gasteiger partial charge in [0, 0.05) is 18.0 Å². The van der Waals surface area contributed by atoms with E-state index in [-0.39, 0.29) is 6.61 Å². The molecule has 5 heteroatoms. The molecule has 3 aromatic rings. The summed E-state index contributed by atoms with van der Waals surface area (Å²) < 4.78 is 0. The first-order valence-corrected chi connectivity index (χ1v) is 9.26. The fourth-order valence-electron chi connectivity index (χ4n) is 3.24. The second-order valence-electron chi connectivity index (χ2n) is 6.14. The van der Waals surface area contributed by atoms with E-state index in [4.69, 9.17) is 9.97 Å². The Morgan fingerprint density at radius 1 is 1.20 bits per heavy atom. The molecule has 0 atom stereocenters. The molecule has 0 fully saturated rings. The molecule has 3 aromatic heterocycles. The van der Waals surface area contributed by atoms with Crippen molar-refractivity contribution in [1.29, 1.82) is 0 Å². The van der Waals surface area contributed by atoms with E-state index in [1.807, 2.05) is 31.3 Å². The largest absolute Gasteiger partial charge is 0.392 e. The average molecular weight is 349 g/mol. The number of fused-ring (bicyclic) bond motifs is 1. The number of allylic oxidation sites excluding steroid dienone is 1. The van der Waals surface area contributed by atoms with Crippen LogP contribution in [0.5, 0.6) is 0 Å². The molecule has 0 aromatic carbocycles. The third-order valence-corrected chi connectivity index (χ3v) is 5.68. The Labute approximate surface area is 150 Å². The van der Waals surface area contributed by atoms with Gasteiger partial charge in [-0.2, -0.15) is 0 Å². The standard InChI is InChI=1S/C20H19N3OS/c1-13-19(25-20(22-13)16-6-3-10-21-12-16)17-8-7-14-4-2-5-15(9-11-24)18(14)23-17/h3,6-10,12,24H,2,4-5,11H2,1H3/b15-9-. The summed E-state index contributed by atoms with van der Waals surface area (Å²) in [5, 5.41) is 10.3. The number of aliphatic hydroxyl groups is 1. The molecule has 0 spiro atoms. The molecule has 0 saturated carbocycles. The third kappa shape index (κ3) is 3.13. The highest BCUT2D eigenvalue weighted by atomic mass is 32.1. The molecular weight excluding hydrogens is 330 g/mol. The van der Waals surface area contributed by atoms with Gasteiger partial charge in [-0.1, -0.05) is 12.1 Å². The van der Waals surface area contributed by atoms with Crippen LogP contribution in [0.1, 0.15) is 29.8 Å². The van der Waals surface area contributed by atoms with E-state index in [1.54, 1.807) is 17.5 Å². The van der Waals surface area contributed by atoms with Crippen LogP contribution in [0, 0.1) is 6.92 Å². The average Bonchev–Trinajstić information content (AvgIpc) is 3.04. The molecular formula is C20H19N3OS. The number of nitrogens with zero attached hydrogens (tertiary/aromatic N) is 3. The maximum Gasteiger partial charge on any atom is 0.125 e. The summed E-state index contributed by atoms with van der Waals surface area (Å²) in [6.45, 7) is 2.09. The van der Waals surface area contributed by atoms with Crippen LogP contribution in [0.4, 0.5) is 0 Å². The van der Waals surface area contributed by atoms with Crippen LogP contribution in [0.2, 0.25) is 0 Å². The van der Waals surface area contributed by atoms with E-state index in [2.05, 4.69) is 17.1 Å². The predicted octanol–water partition coefficient (Wildman–Crippen LogP) is 4.29. The number of aliphatic hydroxyl groups excluding tert-OH is 1. The van der Waals surface area contributed by atoms with Crippen LogP contribution in [0.3, 0.4) is 0 Å². The number of rotatable bonds is 3. The van der Waals surface area contributed by atoms with E-state index in [9.17, 15) is 5.11 Å². The fourth-order valence-corrected chi connectivity index (χ4v) is 4.26. The van der Waals surface area contributed by atoms with Gasteiger partial charge in [-0.25, -0.2) is 9.97 Å². The van der Waals surface area contributed by atoms with Gasteiger partial charge >= 0.3 is 0 Å². The van der Waals surface area contributed by atoms with Crippen LogP contribution in [0.15, 0.2) is 42.7 Å². The van der Waals surface area contributed by atoms with Gasteiger partial charge in [0.25, 0.3) is 0 Å². The molecule has 0 saturated heterocycles. The summed E-state index contributed by atoms with van der Waals surface area (Å²) >= 11 is 1.65. The molecule has 0 amide bonds. The van der Waals surface area contributed by atoms with E-state index < -0.39 is 0 Å². The van der Waals surface area contributed by atoms with Gasteiger partial charge in [0.05, 0.1) is 28.6 Å². The summed E-state index contributed by atoms with van der Waals surface area (Å²) in [5.74, 6) is 0. The quantitative estimate of drug-likeness (QED) is 0.766. The Morgan fingerprint density at radius 2 is 2.12 bits per heavy atom. The second-order valence-corrected chi connectivity index (χ2v) is 7.14. The zero-order chi connectivity index (χ0) is 17.2. The SMILES string of the molecule is Cc1nc(-c2cccnc2)sc1-c1ccc2c(n1)/C(=C\CO)CCC2. The Balaban J connectivity index is 1.77. The number of aromatic nitrogens is 3. The monoisotopic (exact) mass is 349 g/mol. The van der Waals surface area contributed by atoms with E-state index in [0.717, 1.165) is 57.4 Å². The normalized spacial score (nSPS) is 15.4. The maximum atomic E-state index is 9.29. The summed E-state index contributed by atoms with van der Waals surface area (Å²) in [4.78, 5) is 14.9. The smallest absolute Gasteiger partial charge is 0.125 e. The van der Waals surface area contributed by atoms with E-state index in [1.165, 1.54) is 5.56 Å². The lowest BCUT2D eigenvalue weighted by Crippen LogP contribution is -2.05. The molecule has 0 bridgehead atoms. The van der Waals surface area contributed by atoms with Gasteiger partial charge in [0.15, 0.2) is 0 Å². The molecule has 4 rings (SSSR count). The van der Waals surface area contributed by atoms with Crippen molar-refractivity contribution in [3.8, 4) is 21.1 Å². The summed E-state index contributed by atoms with van der Waals surface area (Å²) in [6.07, 6.45) is 8.63.